The van der Waals surface area contributed by atoms with Crippen LogP contribution in [-0.4, -0.2) is 4.98 Å². The van der Waals surface area contributed by atoms with E-state index in [1.807, 2.05) is 6.07 Å². The van der Waals surface area contributed by atoms with Crippen LogP contribution in [0.2, 0.25) is 5.02 Å². The molecular formula is C11H9BrClN3. The standard InChI is InChI=1S/C11H9BrClN3/c12-8-4-3-7(13)6-10(8)16-11-9(14)2-1-5-15-11/h1-6H,14H2,(H,15,16). The van der Waals surface area contributed by atoms with Gasteiger partial charge in [-0.15, -0.1) is 0 Å². The third-order valence-corrected chi connectivity index (χ3v) is 2.95. The lowest BCUT2D eigenvalue weighted by atomic mass is 10.3. The molecule has 2 rings (SSSR count). The van der Waals surface area contributed by atoms with Crippen LogP contribution in [-0.2, 0) is 0 Å². The molecule has 0 atom stereocenters. The SMILES string of the molecule is Nc1cccnc1Nc1cc(Cl)ccc1Br. The van der Waals surface area contributed by atoms with Gasteiger partial charge < -0.3 is 11.1 Å². The van der Waals surface area contributed by atoms with E-state index in [-0.39, 0.29) is 0 Å². The highest BCUT2D eigenvalue weighted by Crippen LogP contribution is 2.29. The van der Waals surface area contributed by atoms with Crippen molar-refractivity contribution in [2.45, 2.75) is 0 Å². The van der Waals surface area contributed by atoms with Crippen molar-refractivity contribution in [3.05, 3.63) is 46.0 Å². The van der Waals surface area contributed by atoms with Gasteiger partial charge in [0.2, 0.25) is 0 Å². The average molecular weight is 299 g/mol. The van der Waals surface area contributed by atoms with Gasteiger partial charge in [0.05, 0.1) is 11.4 Å². The molecule has 0 aliphatic carbocycles. The van der Waals surface area contributed by atoms with Gasteiger partial charge in [0, 0.05) is 15.7 Å². The van der Waals surface area contributed by atoms with Crippen molar-refractivity contribution in [1.29, 1.82) is 0 Å². The lowest BCUT2D eigenvalue weighted by Crippen LogP contribution is -1.98. The minimum Gasteiger partial charge on any atom is -0.396 e. The predicted octanol–water partition coefficient (Wildman–Crippen LogP) is 3.82. The highest BCUT2D eigenvalue weighted by atomic mass is 79.9. The molecule has 0 aliphatic rings. The highest BCUT2D eigenvalue weighted by Gasteiger charge is 2.04. The van der Waals surface area contributed by atoms with Crippen molar-refractivity contribution < 1.29 is 0 Å². The number of hydrogen-bond acceptors (Lipinski definition) is 3. The van der Waals surface area contributed by atoms with Crippen LogP contribution in [0.4, 0.5) is 17.2 Å². The summed E-state index contributed by atoms with van der Waals surface area (Å²) in [5.41, 5.74) is 7.21. The topological polar surface area (TPSA) is 50.9 Å². The Hall–Kier alpha value is -1.26. The third kappa shape index (κ3) is 2.46. The van der Waals surface area contributed by atoms with Gasteiger partial charge in [0.1, 0.15) is 0 Å². The number of benzene rings is 1. The van der Waals surface area contributed by atoms with E-state index in [1.54, 1.807) is 30.5 Å². The first kappa shape index (κ1) is 11.2. The lowest BCUT2D eigenvalue weighted by molar-refractivity contribution is 1.31. The summed E-state index contributed by atoms with van der Waals surface area (Å²) >= 11 is 9.33. The van der Waals surface area contributed by atoms with E-state index in [0.717, 1.165) is 10.2 Å². The fraction of sp³-hybridized carbons (Fsp3) is 0. The molecule has 2 aromatic rings. The summed E-state index contributed by atoms with van der Waals surface area (Å²) in [6.45, 7) is 0. The Morgan fingerprint density at radius 2 is 2.12 bits per heavy atom. The van der Waals surface area contributed by atoms with Crippen LogP contribution < -0.4 is 11.1 Å². The van der Waals surface area contributed by atoms with Gasteiger partial charge in [-0.05, 0) is 46.3 Å². The predicted molar refractivity (Wildman–Crippen MR) is 71.1 cm³/mol. The summed E-state index contributed by atoms with van der Waals surface area (Å²) in [6.07, 6.45) is 1.68. The first-order valence-electron chi connectivity index (χ1n) is 4.59. The summed E-state index contributed by atoms with van der Waals surface area (Å²) in [5, 5.41) is 3.77. The number of anilines is 3. The van der Waals surface area contributed by atoms with Gasteiger partial charge in [0.15, 0.2) is 5.82 Å². The minimum atomic E-state index is 0.592. The first-order valence-corrected chi connectivity index (χ1v) is 5.76. The molecule has 0 unspecified atom stereocenters. The quantitative estimate of drug-likeness (QED) is 0.886. The smallest absolute Gasteiger partial charge is 0.153 e. The fourth-order valence-electron chi connectivity index (χ4n) is 1.24. The van der Waals surface area contributed by atoms with Gasteiger partial charge in [-0.1, -0.05) is 11.6 Å². The van der Waals surface area contributed by atoms with E-state index < -0.39 is 0 Å². The number of aromatic nitrogens is 1. The zero-order valence-corrected chi connectivity index (χ0v) is 10.6. The van der Waals surface area contributed by atoms with Crippen LogP contribution in [0.15, 0.2) is 41.0 Å². The molecule has 0 fully saturated rings. The Labute approximate surface area is 107 Å². The molecular weight excluding hydrogens is 289 g/mol. The number of halogens is 2. The number of nitrogens with two attached hydrogens (primary N) is 1. The molecule has 16 heavy (non-hydrogen) atoms. The second kappa shape index (κ2) is 4.72. The number of rotatable bonds is 2. The van der Waals surface area contributed by atoms with E-state index in [9.17, 15) is 0 Å². The van der Waals surface area contributed by atoms with Crippen LogP contribution in [0.5, 0.6) is 0 Å². The molecule has 3 nitrogen and oxygen atoms in total. The summed E-state index contributed by atoms with van der Waals surface area (Å²) in [6, 6.07) is 9.05. The van der Waals surface area contributed by atoms with Crippen LogP contribution in [0, 0.1) is 0 Å². The molecule has 1 aromatic carbocycles. The van der Waals surface area contributed by atoms with Crippen LogP contribution in [0.25, 0.3) is 0 Å². The minimum absolute atomic E-state index is 0.592. The summed E-state index contributed by atoms with van der Waals surface area (Å²) in [5.74, 6) is 0.616. The molecule has 0 spiro atoms. The molecule has 1 heterocycles. The van der Waals surface area contributed by atoms with Gasteiger partial charge >= 0.3 is 0 Å². The molecule has 82 valence electrons. The van der Waals surface area contributed by atoms with Crippen LogP contribution in [0.3, 0.4) is 0 Å². The van der Waals surface area contributed by atoms with Crippen molar-refractivity contribution in [3.63, 3.8) is 0 Å². The number of hydrogen-bond donors (Lipinski definition) is 2. The molecule has 0 saturated carbocycles. The number of nitrogens with one attached hydrogen (secondary N) is 1. The Balaban J connectivity index is 2.34. The maximum atomic E-state index is 5.91. The van der Waals surface area contributed by atoms with E-state index in [2.05, 4.69) is 26.2 Å². The Bertz CT molecular complexity index is 516. The number of nitrogen functional groups attached to an aromatic ring is 1. The van der Waals surface area contributed by atoms with E-state index in [0.29, 0.717) is 16.5 Å². The molecule has 0 saturated heterocycles. The summed E-state index contributed by atoms with van der Waals surface area (Å²) < 4.78 is 0.905. The molecule has 5 heteroatoms. The summed E-state index contributed by atoms with van der Waals surface area (Å²) in [4.78, 5) is 4.14. The monoisotopic (exact) mass is 297 g/mol. The Morgan fingerprint density at radius 1 is 1.31 bits per heavy atom. The molecule has 0 radical (unpaired) electrons. The first-order chi connectivity index (χ1) is 7.66. The molecule has 0 amide bonds. The zero-order chi connectivity index (χ0) is 11.5. The molecule has 0 aliphatic heterocycles. The Morgan fingerprint density at radius 3 is 2.88 bits per heavy atom. The average Bonchev–Trinajstić information content (AvgIpc) is 2.27. The number of pyridine rings is 1. The van der Waals surface area contributed by atoms with E-state index >= 15 is 0 Å². The highest BCUT2D eigenvalue weighted by molar-refractivity contribution is 9.10. The van der Waals surface area contributed by atoms with Crippen molar-refractivity contribution in [2.24, 2.45) is 0 Å². The normalized spacial score (nSPS) is 10.1. The largest absolute Gasteiger partial charge is 0.396 e. The van der Waals surface area contributed by atoms with Gasteiger partial charge in [-0.25, -0.2) is 4.98 Å². The zero-order valence-electron chi connectivity index (χ0n) is 8.24. The van der Waals surface area contributed by atoms with E-state index in [4.69, 9.17) is 17.3 Å². The second-order valence-corrected chi connectivity index (χ2v) is 4.48. The maximum Gasteiger partial charge on any atom is 0.153 e. The molecule has 1 aromatic heterocycles. The lowest BCUT2D eigenvalue weighted by Gasteiger charge is -2.09. The fourth-order valence-corrected chi connectivity index (χ4v) is 1.76. The number of nitrogens with zero attached hydrogens (tertiary/aromatic N) is 1. The van der Waals surface area contributed by atoms with Gasteiger partial charge in [-0.2, -0.15) is 0 Å². The van der Waals surface area contributed by atoms with Gasteiger partial charge in [-0.3, -0.25) is 0 Å². The molecule has 3 N–H and O–H groups in total. The van der Waals surface area contributed by atoms with Crippen LogP contribution >= 0.6 is 27.5 Å². The van der Waals surface area contributed by atoms with Crippen LogP contribution in [0.1, 0.15) is 0 Å². The van der Waals surface area contributed by atoms with Crippen molar-refractivity contribution >= 4 is 44.7 Å². The summed E-state index contributed by atoms with van der Waals surface area (Å²) in [7, 11) is 0. The maximum absolute atomic E-state index is 5.91. The Kier molecular flexibility index (Phi) is 3.31. The van der Waals surface area contributed by atoms with Crippen molar-refractivity contribution in [3.8, 4) is 0 Å². The second-order valence-electron chi connectivity index (χ2n) is 3.19. The van der Waals surface area contributed by atoms with Crippen molar-refractivity contribution in [1.82, 2.24) is 4.98 Å². The van der Waals surface area contributed by atoms with Crippen molar-refractivity contribution in [2.75, 3.05) is 11.1 Å². The third-order valence-electron chi connectivity index (χ3n) is 2.02. The van der Waals surface area contributed by atoms with Gasteiger partial charge in [0.25, 0.3) is 0 Å². The molecule has 0 bridgehead atoms. The van der Waals surface area contributed by atoms with E-state index in [1.165, 1.54) is 0 Å².